The Kier molecular flexibility index (Phi) is 5.55. The van der Waals surface area contributed by atoms with E-state index in [4.69, 9.17) is 9.47 Å². The maximum atomic E-state index is 11.6. The third kappa shape index (κ3) is 4.31. The molecule has 1 aliphatic rings. The van der Waals surface area contributed by atoms with Crippen molar-refractivity contribution in [3.05, 3.63) is 11.6 Å². The van der Waals surface area contributed by atoms with Gasteiger partial charge in [-0.25, -0.2) is 0 Å². The number of carbonyl (C=O) groups excluding carboxylic acids is 3. The highest BCUT2D eigenvalue weighted by Crippen LogP contribution is 2.21. The summed E-state index contributed by atoms with van der Waals surface area (Å²) in [5.74, 6) is -0.904. The number of ether oxygens (including phenoxy) is 2. The average molecular weight is 254 g/mol. The molecular formula is C13H18O5. The summed E-state index contributed by atoms with van der Waals surface area (Å²) in [6, 6.07) is 0. The Bertz CT molecular complexity index is 370. The molecule has 0 aromatic rings. The van der Waals surface area contributed by atoms with Crippen molar-refractivity contribution in [3.8, 4) is 0 Å². The fraction of sp³-hybridized carbons (Fsp3) is 0.615. The van der Waals surface area contributed by atoms with Gasteiger partial charge in [0.2, 0.25) is 0 Å². The van der Waals surface area contributed by atoms with E-state index < -0.39 is 12.1 Å². The Labute approximate surface area is 106 Å². The van der Waals surface area contributed by atoms with E-state index in [0.717, 1.165) is 0 Å². The predicted molar refractivity (Wildman–Crippen MR) is 63.7 cm³/mol. The summed E-state index contributed by atoms with van der Waals surface area (Å²) >= 11 is 0. The monoisotopic (exact) mass is 254 g/mol. The summed E-state index contributed by atoms with van der Waals surface area (Å²) in [7, 11) is 0. The standard InChI is InChI=1S/C13H18O5/c1-3-5-12(15)18-10-6-9(11(14)8-10)7-13(16)17-4-2/h6,10H,3-5,7-8H2,1-2H3/t10-/m0/s1. The zero-order valence-corrected chi connectivity index (χ0v) is 10.7. The van der Waals surface area contributed by atoms with Gasteiger partial charge in [0, 0.05) is 12.0 Å². The summed E-state index contributed by atoms with van der Waals surface area (Å²) < 4.78 is 9.87. The number of hydrogen-bond acceptors (Lipinski definition) is 5. The van der Waals surface area contributed by atoms with E-state index in [2.05, 4.69) is 0 Å². The number of hydrogen-bond donors (Lipinski definition) is 0. The minimum absolute atomic E-state index is 0.0471. The number of ketones is 1. The summed E-state index contributed by atoms with van der Waals surface area (Å²) in [5.41, 5.74) is 0.378. The Morgan fingerprint density at radius 2 is 2.06 bits per heavy atom. The van der Waals surface area contributed by atoms with Crippen LogP contribution in [0.15, 0.2) is 11.6 Å². The van der Waals surface area contributed by atoms with E-state index in [1.807, 2.05) is 6.92 Å². The van der Waals surface area contributed by atoms with Crippen molar-refractivity contribution < 1.29 is 23.9 Å². The predicted octanol–water partition coefficient (Wildman–Crippen LogP) is 1.55. The van der Waals surface area contributed by atoms with Crippen LogP contribution >= 0.6 is 0 Å². The first-order valence-electron chi connectivity index (χ1n) is 6.15. The van der Waals surface area contributed by atoms with Crippen molar-refractivity contribution in [1.29, 1.82) is 0 Å². The molecule has 1 aliphatic carbocycles. The maximum absolute atomic E-state index is 11.6. The zero-order valence-electron chi connectivity index (χ0n) is 10.7. The van der Waals surface area contributed by atoms with E-state index in [-0.39, 0.29) is 31.2 Å². The first-order chi connectivity index (χ1) is 8.56. The first kappa shape index (κ1) is 14.4. The van der Waals surface area contributed by atoms with Gasteiger partial charge in [-0.15, -0.1) is 0 Å². The highest BCUT2D eigenvalue weighted by atomic mass is 16.5. The van der Waals surface area contributed by atoms with Gasteiger partial charge in [-0.3, -0.25) is 14.4 Å². The van der Waals surface area contributed by atoms with Gasteiger partial charge in [-0.2, -0.15) is 0 Å². The number of Topliss-reactive ketones (excluding diaryl/α,β-unsaturated/α-hetero) is 1. The second kappa shape index (κ2) is 6.93. The Morgan fingerprint density at radius 1 is 1.33 bits per heavy atom. The Morgan fingerprint density at radius 3 is 2.67 bits per heavy atom. The molecule has 0 aromatic carbocycles. The van der Waals surface area contributed by atoms with E-state index in [9.17, 15) is 14.4 Å². The first-order valence-corrected chi connectivity index (χ1v) is 6.15. The van der Waals surface area contributed by atoms with E-state index in [1.165, 1.54) is 0 Å². The topological polar surface area (TPSA) is 69.7 Å². The fourth-order valence-corrected chi connectivity index (χ4v) is 1.72. The summed E-state index contributed by atoms with van der Waals surface area (Å²) in [6.07, 6.45) is 2.15. The van der Waals surface area contributed by atoms with Crippen LogP contribution in [0.4, 0.5) is 0 Å². The molecule has 18 heavy (non-hydrogen) atoms. The van der Waals surface area contributed by atoms with Crippen molar-refractivity contribution in [2.75, 3.05) is 6.61 Å². The molecule has 0 aromatic heterocycles. The van der Waals surface area contributed by atoms with Gasteiger partial charge in [0.25, 0.3) is 0 Å². The lowest BCUT2D eigenvalue weighted by Gasteiger charge is -2.07. The molecule has 1 rings (SSSR count). The van der Waals surface area contributed by atoms with Crippen LogP contribution in [0.25, 0.3) is 0 Å². The molecule has 0 spiro atoms. The average Bonchev–Trinajstić information content (AvgIpc) is 2.59. The van der Waals surface area contributed by atoms with Gasteiger partial charge in [-0.05, 0) is 19.4 Å². The molecule has 0 bridgehead atoms. The Hall–Kier alpha value is -1.65. The van der Waals surface area contributed by atoms with Crippen LogP contribution in [-0.2, 0) is 23.9 Å². The molecule has 5 nitrogen and oxygen atoms in total. The van der Waals surface area contributed by atoms with Crippen molar-refractivity contribution in [2.45, 2.75) is 45.6 Å². The molecule has 100 valence electrons. The highest BCUT2D eigenvalue weighted by Gasteiger charge is 2.28. The number of rotatable bonds is 6. The zero-order chi connectivity index (χ0) is 13.5. The third-order valence-corrected chi connectivity index (χ3v) is 2.51. The van der Waals surface area contributed by atoms with Gasteiger partial charge in [0.15, 0.2) is 5.78 Å². The molecule has 0 amide bonds. The van der Waals surface area contributed by atoms with Crippen LogP contribution in [0.1, 0.15) is 39.5 Å². The smallest absolute Gasteiger partial charge is 0.310 e. The largest absolute Gasteiger partial charge is 0.466 e. The molecule has 0 heterocycles. The maximum Gasteiger partial charge on any atom is 0.310 e. The highest BCUT2D eigenvalue weighted by molar-refractivity contribution is 6.02. The molecule has 0 saturated heterocycles. The van der Waals surface area contributed by atoms with E-state index in [1.54, 1.807) is 13.0 Å². The molecular weight excluding hydrogens is 236 g/mol. The summed E-state index contributed by atoms with van der Waals surface area (Å²) in [5, 5.41) is 0. The number of esters is 2. The second-order valence-corrected chi connectivity index (χ2v) is 4.08. The van der Waals surface area contributed by atoms with E-state index >= 15 is 0 Å². The van der Waals surface area contributed by atoms with Crippen LogP contribution in [0.3, 0.4) is 0 Å². The lowest BCUT2D eigenvalue weighted by atomic mass is 10.1. The number of carbonyl (C=O) groups is 3. The molecule has 0 radical (unpaired) electrons. The lowest BCUT2D eigenvalue weighted by molar-refractivity contribution is -0.147. The molecule has 0 aliphatic heterocycles. The van der Waals surface area contributed by atoms with Crippen LogP contribution in [0.2, 0.25) is 0 Å². The third-order valence-electron chi connectivity index (χ3n) is 2.51. The molecule has 0 fully saturated rings. The molecule has 0 N–H and O–H groups in total. The molecule has 1 atom stereocenters. The molecule has 0 unspecified atom stereocenters. The lowest BCUT2D eigenvalue weighted by Crippen LogP contribution is -2.14. The van der Waals surface area contributed by atoms with Crippen LogP contribution in [0.5, 0.6) is 0 Å². The van der Waals surface area contributed by atoms with Gasteiger partial charge in [0.1, 0.15) is 6.10 Å². The van der Waals surface area contributed by atoms with Gasteiger partial charge >= 0.3 is 11.9 Å². The minimum Gasteiger partial charge on any atom is -0.466 e. The normalized spacial score (nSPS) is 18.4. The van der Waals surface area contributed by atoms with Gasteiger partial charge in [-0.1, -0.05) is 6.92 Å². The summed E-state index contributed by atoms with van der Waals surface area (Å²) in [4.78, 5) is 34.1. The molecule has 0 saturated carbocycles. The Balaban J connectivity index is 2.51. The SMILES string of the molecule is CCCC(=O)O[C@H]1C=C(CC(=O)OCC)C(=O)C1. The fourth-order valence-electron chi connectivity index (χ4n) is 1.72. The van der Waals surface area contributed by atoms with Crippen LogP contribution in [-0.4, -0.2) is 30.4 Å². The van der Waals surface area contributed by atoms with Gasteiger partial charge < -0.3 is 9.47 Å². The van der Waals surface area contributed by atoms with Crippen molar-refractivity contribution in [2.24, 2.45) is 0 Å². The van der Waals surface area contributed by atoms with Crippen molar-refractivity contribution in [3.63, 3.8) is 0 Å². The van der Waals surface area contributed by atoms with Crippen LogP contribution < -0.4 is 0 Å². The van der Waals surface area contributed by atoms with Crippen molar-refractivity contribution >= 4 is 17.7 Å². The van der Waals surface area contributed by atoms with Crippen molar-refractivity contribution in [1.82, 2.24) is 0 Å². The van der Waals surface area contributed by atoms with Gasteiger partial charge in [0.05, 0.1) is 19.4 Å². The second-order valence-electron chi connectivity index (χ2n) is 4.08. The van der Waals surface area contributed by atoms with Crippen LogP contribution in [0, 0.1) is 0 Å². The quantitative estimate of drug-likeness (QED) is 0.672. The molecule has 5 heteroatoms. The minimum atomic E-state index is -0.527. The van der Waals surface area contributed by atoms with E-state index in [0.29, 0.717) is 18.4 Å². The summed E-state index contributed by atoms with van der Waals surface area (Å²) in [6.45, 7) is 3.87.